The maximum Gasteiger partial charge on any atom is 0.312 e. The fourth-order valence-corrected chi connectivity index (χ4v) is 4.81. The van der Waals surface area contributed by atoms with E-state index in [0.29, 0.717) is 12.8 Å². The molecule has 0 saturated heterocycles. The number of rotatable bonds is 5. The second-order valence-corrected chi connectivity index (χ2v) is 11.5. The van der Waals surface area contributed by atoms with Gasteiger partial charge in [-0.05, 0) is 71.1 Å². The fourth-order valence-electron chi connectivity index (χ4n) is 3.68. The molecule has 0 aromatic heterocycles. The fraction of sp³-hybridized carbons (Fsp3) is 0.444. The molecule has 1 N–H and O–H groups in total. The number of hydrogen-bond acceptors (Lipinski definition) is 4. The largest absolute Gasteiger partial charge is 0.445 e. The normalized spacial score (nSPS) is 16.8. The number of aryl methyl sites for hydroxylation is 1. The molecule has 1 aliphatic carbocycles. The lowest BCUT2D eigenvalue weighted by molar-refractivity contribution is -0.166. The van der Waals surface area contributed by atoms with Crippen molar-refractivity contribution in [3.8, 4) is 11.8 Å². The Morgan fingerprint density at radius 3 is 2.18 bits per heavy atom. The maximum absolute atomic E-state index is 13.1. The van der Waals surface area contributed by atoms with Gasteiger partial charge in [-0.3, -0.25) is 4.79 Å². The van der Waals surface area contributed by atoms with Gasteiger partial charge in [0.05, 0.1) is 10.3 Å². The predicted molar refractivity (Wildman–Crippen MR) is 130 cm³/mol. The van der Waals surface area contributed by atoms with Gasteiger partial charge in [-0.2, -0.15) is 4.72 Å². The van der Waals surface area contributed by atoms with Crippen molar-refractivity contribution < 1.29 is 17.9 Å². The third kappa shape index (κ3) is 6.69. The molecule has 1 aliphatic rings. The molecular formula is C27H33NO4S. The van der Waals surface area contributed by atoms with E-state index in [0.717, 1.165) is 30.4 Å². The molecule has 0 heterocycles. The first-order chi connectivity index (χ1) is 15.5. The smallest absolute Gasteiger partial charge is 0.312 e. The van der Waals surface area contributed by atoms with Crippen LogP contribution in [0.25, 0.3) is 0 Å². The average molecular weight is 468 g/mol. The molecule has 5 nitrogen and oxygen atoms in total. The Labute approximate surface area is 198 Å². The third-order valence-corrected chi connectivity index (χ3v) is 7.18. The highest BCUT2D eigenvalue weighted by molar-refractivity contribution is 7.89. The van der Waals surface area contributed by atoms with E-state index in [1.54, 1.807) is 24.3 Å². The van der Waals surface area contributed by atoms with Crippen LogP contribution in [0.4, 0.5) is 0 Å². The number of ether oxygens (including phenoxy) is 1. The predicted octanol–water partition coefficient (Wildman–Crippen LogP) is 5.31. The van der Waals surface area contributed by atoms with Crippen LogP contribution in [-0.4, -0.2) is 20.0 Å². The topological polar surface area (TPSA) is 72.5 Å². The summed E-state index contributed by atoms with van der Waals surface area (Å²) >= 11 is 0. The lowest BCUT2D eigenvalue weighted by Crippen LogP contribution is -2.40. The van der Waals surface area contributed by atoms with Crippen molar-refractivity contribution in [2.24, 2.45) is 5.41 Å². The summed E-state index contributed by atoms with van der Waals surface area (Å²) < 4.78 is 34.9. The number of benzene rings is 2. The molecule has 2 aromatic rings. The number of esters is 1. The van der Waals surface area contributed by atoms with Gasteiger partial charge >= 0.3 is 5.97 Å². The molecule has 3 rings (SSSR count). The first-order valence-corrected chi connectivity index (χ1v) is 12.9. The van der Waals surface area contributed by atoms with E-state index in [2.05, 4.69) is 16.6 Å². The molecular weight excluding hydrogens is 434 g/mol. The first-order valence-electron chi connectivity index (χ1n) is 11.4. The van der Waals surface area contributed by atoms with E-state index >= 15 is 0 Å². The highest BCUT2D eigenvalue weighted by atomic mass is 32.2. The zero-order valence-electron chi connectivity index (χ0n) is 19.9. The van der Waals surface area contributed by atoms with E-state index in [1.165, 1.54) is 0 Å². The highest BCUT2D eigenvalue weighted by Gasteiger charge is 2.38. The Bertz CT molecular complexity index is 1110. The molecule has 1 saturated carbocycles. The van der Waals surface area contributed by atoms with Crippen LogP contribution in [0.1, 0.15) is 70.0 Å². The summed E-state index contributed by atoms with van der Waals surface area (Å²) in [4.78, 5) is 12.9. The Kier molecular flexibility index (Phi) is 7.66. The van der Waals surface area contributed by atoms with Gasteiger partial charge in [0.1, 0.15) is 6.04 Å². The zero-order valence-corrected chi connectivity index (χ0v) is 20.7. The first kappa shape index (κ1) is 25.0. The van der Waals surface area contributed by atoms with Crippen LogP contribution < -0.4 is 4.72 Å². The number of hydrogen-bond donors (Lipinski definition) is 1. The lowest BCUT2D eigenvalue weighted by atomic mass is 9.84. The van der Waals surface area contributed by atoms with E-state index < -0.39 is 27.1 Å². The van der Waals surface area contributed by atoms with E-state index in [-0.39, 0.29) is 10.9 Å². The summed E-state index contributed by atoms with van der Waals surface area (Å²) in [5, 5.41) is 0. The SMILES string of the molecule is Cc1ccc(S(=O)(=O)NC(C#CC2(OC(=O)C(C)(C)C)CCCCC2)c2ccccc2)cc1. The quantitative estimate of drug-likeness (QED) is 0.478. The summed E-state index contributed by atoms with van der Waals surface area (Å²) in [6.45, 7) is 7.37. The summed E-state index contributed by atoms with van der Waals surface area (Å²) in [5.41, 5.74) is 0.171. The number of nitrogens with one attached hydrogen (secondary N) is 1. The van der Waals surface area contributed by atoms with Gasteiger partial charge < -0.3 is 4.74 Å². The van der Waals surface area contributed by atoms with E-state index in [9.17, 15) is 13.2 Å². The molecule has 1 fully saturated rings. The highest BCUT2D eigenvalue weighted by Crippen LogP contribution is 2.34. The number of carbonyl (C=O) groups is 1. The van der Waals surface area contributed by atoms with Crippen LogP contribution in [0, 0.1) is 24.2 Å². The molecule has 0 radical (unpaired) electrons. The molecule has 1 unspecified atom stereocenters. The second-order valence-electron chi connectivity index (χ2n) is 9.74. The molecule has 0 bridgehead atoms. The summed E-state index contributed by atoms with van der Waals surface area (Å²) in [6, 6.07) is 15.2. The van der Waals surface area contributed by atoms with Gasteiger partial charge in [-0.25, -0.2) is 8.42 Å². The monoisotopic (exact) mass is 467 g/mol. The minimum absolute atomic E-state index is 0.183. The lowest BCUT2D eigenvalue weighted by Gasteiger charge is -2.34. The van der Waals surface area contributed by atoms with Crippen molar-refractivity contribution in [3.63, 3.8) is 0 Å². The minimum Gasteiger partial charge on any atom is -0.445 e. The van der Waals surface area contributed by atoms with Crippen LogP contribution in [-0.2, 0) is 19.6 Å². The van der Waals surface area contributed by atoms with Gasteiger partial charge in [0, 0.05) is 0 Å². The standard InChI is InChI=1S/C27H33NO4S/c1-21-13-15-23(16-14-21)33(30,31)28-24(22-11-7-5-8-12-22)17-20-27(18-9-6-10-19-27)32-25(29)26(2,3)4/h5,7-8,11-16,24,28H,6,9-10,18-19H2,1-4H3. The molecule has 33 heavy (non-hydrogen) atoms. The molecule has 0 amide bonds. The second kappa shape index (κ2) is 10.1. The Balaban J connectivity index is 1.96. The molecule has 0 aliphatic heterocycles. The van der Waals surface area contributed by atoms with Crippen LogP contribution in [0.3, 0.4) is 0 Å². The van der Waals surface area contributed by atoms with Crippen molar-refractivity contribution in [1.82, 2.24) is 4.72 Å². The van der Waals surface area contributed by atoms with Crippen molar-refractivity contribution >= 4 is 16.0 Å². The minimum atomic E-state index is -3.80. The maximum atomic E-state index is 13.1. The zero-order chi connectivity index (χ0) is 24.1. The summed E-state index contributed by atoms with van der Waals surface area (Å²) in [6.07, 6.45) is 4.19. The van der Waals surface area contributed by atoms with Gasteiger partial charge in [-0.15, -0.1) is 0 Å². The van der Waals surface area contributed by atoms with Crippen molar-refractivity contribution in [1.29, 1.82) is 0 Å². The van der Waals surface area contributed by atoms with Gasteiger partial charge in [-0.1, -0.05) is 66.3 Å². The van der Waals surface area contributed by atoms with Gasteiger partial charge in [0.15, 0.2) is 5.60 Å². The number of sulfonamides is 1. The summed E-state index contributed by atoms with van der Waals surface area (Å²) in [5.74, 6) is 6.03. The summed E-state index contributed by atoms with van der Waals surface area (Å²) in [7, 11) is -3.80. The van der Waals surface area contributed by atoms with Crippen LogP contribution >= 0.6 is 0 Å². The third-order valence-electron chi connectivity index (χ3n) is 5.74. The molecule has 176 valence electrons. The van der Waals surface area contributed by atoms with Crippen LogP contribution in [0.5, 0.6) is 0 Å². The molecule has 2 aromatic carbocycles. The van der Waals surface area contributed by atoms with Crippen molar-refractivity contribution in [2.45, 2.75) is 76.3 Å². The Morgan fingerprint density at radius 2 is 1.61 bits per heavy atom. The van der Waals surface area contributed by atoms with Crippen molar-refractivity contribution in [3.05, 3.63) is 65.7 Å². The van der Waals surface area contributed by atoms with Gasteiger partial charge in [0.25, 0.3) is 0 Å². The van der Waals surface area contributed by atoms with Crippen LogP contribution in [0.15, 0.2) is 59.5 Å². The molecule has 0 spiro atoms. The number of carbonyl (C=O) groups excluding carboxylic acids is 1. The Morgan fingerprint density at radius 1 is 1.00 bits per heavy atom. The van der Waals surface area contributed by atoms with E-state index in [1.807, 2.05) is 58.0 Å². The average Bonchev–Trinajstić information content (AvgIpc) is 2.77. The molecule has 6 heteroatoms. The van der Waals surface area contributed by atoms with E-state index in [4.69, 9.17) is 4.74 Å². The molecule has 1 atom stereocenters. The van der Waals surface area contributed by atoms with Crippen molar-refractivity contribution in [2.75, 3.05) is 0 Å². The van der Waals surface area contributed by atoms with Crippen LogP contribution in [0.2, 0.25) is 0 Å². The van der Waals surface area contributed by atoms with Gasteiger partial charge in [0.2, 0.25) is 10.0 Å². The Hall–Kier alpha value is -2.62.